The van der Waals surface area contributed by atoms with E-state index in [0.717, 1.165) is 12.8 Å². The predicted octanol–water partition coefficient (Wildman–Crippen LogP) is 1.74. The zero-order valence-electron chi connectivity index (χ0n) is 9.10. The van der Waals surface area contributed by atoms with Crippen LogP contribution in [0.4, 0.5) is 5.13 Å². The molecule has 2 unspecified atom stereocenters. The van der Waals surface area contributed by atoms with E-state index in [2.05, 4.69) is 16.6 Å². The van der Waals surface area contributed by atoms with Gasteiger partial charge in [-0.1, -0.05) is 0 Å². The van der Waals surface area contributed by atoms with Crippen LogP contribution in [0.1, 0.15) is 29.8 Å². The van der Waals surface area contributed by atoms with Crippen LogP contribution in [-0.4, -0.2) is 28.4 Å². The molecule has 16 heavy (non-hydrogen) atoms. The summed E-state index contributed by atoms with van der Waals surface area (Å²) < 4.78 is 0. The fourth-order valence-corrected chi connectivity index (χ4v) is 3.28. The molecule has 1 heterocycles. The molecule has 0 aliphatic heterocycles. The lowest BCUT2D eigenvalue weighted by molar-refractivity contribution is 0.0933. The Kier molecular flexibility index (Phi) is 3.70. The third kappa shape index (κ3) is 2.68. The molecular weight excluding hydrogens is 242 g/mol. The van der Waals surface area contributed by atoms with Crippen LogP contribution in [0, 0.1) is 0 Å². The highest BCUT2D eigenvalue weighted by Crippen LogP contribution is 2.28. The summed E-state index contributed by atoms with van der Waals surface area (Å²) in [6.45, 7) is 0. The quantitative estimate of drug-likeness (QED) is 0.865. The fourth-order valence-electron chi connectivity index (χ4n) is 1.94. The van der Waals surface area contributed by atoms with Crippen LogP contribution in [0.5, 0.6) is 0 Å². The molecule has 1 aliphatic carbocycles. The topological polar surface area (TPSA) is 68.0 Å². The highest BCUT2D eigenvalue weighted by molar-refractivity contribution is 7.99. The second kappa shape index (κ2) is 5.05. The van der Waals surface area contributed by atoms with E-state index in [4.69, 9.17) is 5.73 Å². The third-order valence-corrected chi connectivity index (χ3v) is 4.58. The van der Waals surface area contributed by atoms with Crippen LogP contribution >= 0.6 is 23.1 Å². The molecule has 0 saturated heterocycles. The first-order valence-electron chi connectivity index (χ1n) is 5.23. The zero-order valence-corrected chi connectivity index (χ0v) is 10.7. The summed E-state index contributed by atoms with van der Waals surface area (Å²) in [7, 11) is 0. The van der Waals surface area contributed by atoms with E-state index in [1.165, 1.54) is 17.8 Å². The number of anilines is 1. The molecule has 2 rings (SSSR count). The number of thiazole rings is 1. The molecule has 0 bridgehead atoms. The Morgan fingerprint density at radius 2 is 2.50 bits per heavy atom. The first-order chi connectivity index (χ1) is 7.69. The van der Waals surface area contributed by atoms with Gasteiger partial charge in [-0.25, -0.2) is 4.98 Å². The molecule has 4 nitrogen and oxygen atoms in total. The van der Waals surface area contributed by atoms with Crippen LogP contribution in [0.25, 0.3) is 0 Å². The molecule has 6 heteroatoms. The van der Waals surface area contributed by atoms with Crippen LogP contribution in [0.2, 0.25) is 0 Å². The normalized spacial score (nSPS) is 24.6. The monoisotopic (exact) mass is 257 g/mol. The van der Waals surface area contributed by atoms with Crippen LogP contribution in [0.15, 0.2) is 5.38 Å². The number of aromatic nitrogens is 1. The molecule has 1 fully saturated rings. The Bertz CT molecular complexity index is 380. The number of nitrogens with one attached hydrogen (secondary N) is 1. The van der Waals surface area contributed by atoms with E-state index in [0.29, 0.717) is 22.1 Å². The minimum absolute atomic E-state index is 0.0975. The van der Waals surface area contributed by atoms with E-state index in [1.807, 2.05) is 11.8 Å². The lowest BCUT2D eigenvalue weighted by Gasteiger charge is -2.11. The van der Waals surface area contributed by atoms with Crippen molar-refractivity contribution in [2.24, 2.45) is 0 Å². The number of rotatable bonds is 3. The average molecular weight is 257 g/mol. The summed E-state index contributed by atoms with van der Waals surface area (Å²) in [5, 5.41) is 5.84. The van der Waals surface area contributed by atoms with Gasteiger partial charge in [0.1, 0.15) is 5.69 Å². The van der Waals surface area contributed by atoms with E-state index >= 15 is 0 Å². The van der Waals surface area contributed by atoms with Crippen LogP contribution < -0.4 is 11.1 Å². The van der Waals surface area contributed by atoms with Gasteiger partial charge in [0.2, 0.25) is 0 Å². The molecule has 1 aromatic heterocycles. The van der Waals surface area contributed by atoms with E-state index in [1.54, 1.807) is 5.38 Å². The van der Waals surface area contributed by atoms with Crippen molar-refractivity contribution < 1.29 is 4.79 Å². The van der Waals surface area contributed by atoms with E-state index in [-0.39, 0.29) is 5.91 Å². The molecule has 3 N–H and O–H groups in total. The average Bonchev–Trinajstić information content (AvgIpc) is 2.87. The highest BCUT2D eigenvalue weighted by Gasteiger charge is 2.25. The van der Waals surface area contributed by atoms with Gasteiger partial charge in [0, 0.05) is 16.7 Å². The van der Waals surface area contributed by atoms with Gasteiger partial charge < -0.3 is 11.1 Å². The molecule has 88 valence electrons. The van der Waals surface area contributed by atoms with Crippen molar-refractivity contribution in [2.45, 2.75) is 30.6 Å². The van der Waals surface area contributed by atoms with Crippen molar-refractivity contribution in [3.8, 4) is 0 Å². The maximum absolute atomic E-state index is 11.8. The molecule has 1 amide bonds. The number of hydrogen-bond acceptors (Lipinski definition) is 5. The van der Waals surface area contributed by atoms with Crippen molar-refractivity contribution in [3.63, 3.8) is 0 Å². The third-order valence-electron chi connectivity index (χ3n) is 2.81. The van der Waals surface area contributed by atoms with Gasteiger partial charge in [-0.05, 0) is 25.5 Å². The minimum Gasteiger partial charge on any atom is -0.375 e. The first kappa shape index (κ1) is 11.7. The summed E-state index contributed by atoms with van der Waals surface area (Å²) in [4.78, 5) is 15.8. The first-order valence-corrected chi connectivity index (χ1v) is 7.40. The molecule has 1 saturated carbocycles. The largest absolute Gasteiger partial charge is 0.375 e. The van der Waals surface area contributed by atoms with Gasteiger partial charge in [0.05, 0.1) is 0 Å². The summed E-state index contributed by atoms with van der Waals surface area (Å²) in [6.07, 6.45) is 5.44. The van der Waals surface area contributed by atoms with Gasteiger partial charge in [-0.15, -0.1) is 11.3 Å². The molecule has 2 atom stereocenters. The Balaban J connectivity index is 1.89. The van der Waals surface area contributed by atoms with Crippen molar-refractivity contribution >= 4 is 34.1 Å². The standard InChI is InChI=1S/C10H15N3OS2/c1-15-7-3-2-6(4-7)12-9(14)8-5-16-10(11)13-8/h5-7H,2-4H2,1H3,(H2,11,13)(H,12,14). The molecule has 0 spiro atoms. The summed E-state index contributed by atoms with van der Waals surface area (Å²) in [6, 6.07) is 0.299. The molecule has 0 radical (unpaired) electrons. The maximum Gasteiger partial charge on any atom is 0.271 e. The van der Waals surface area contributed by atoms with E-state index < -0.39 is 0 Å². The number of nitrogen functional groups attached to an aromatic ring is 1. The summed E-state index contributed by atoms with van der Waals surface area (Å²) in [5.74, 6) is -0.0975. The van der Waals surface area contributed by atoms with Crippen molar-refractivity contribution in [3.05, 3.63) is 11.1 Å². The van der Waals surface area contributed by atoms with Crippen LogP contribution in [-0.2, 0) is 0 Å². The number of amides is 1. The maximum atomic E-state index is 11.8. The Morgan fingerprint density at radius 3 is 3.06 bits per heavy atom. The second-order valence-corrected chi connectivity index (χ2v) is 5.94. The number of nitrogens with two attached hydrogens (primary N) is 1. The van der Waals surface area contributed by atoms with E-state index in [9.17, 15) is 4.79 Å². The number of hydrogen-bond donors (Lipinski definition) is 2. The zero-order chi connectivity index (χ0) is 11.5. The lowest BCUT2D eigenvalue weighted by Crippen LogP contribution is -2.33. The Morgan fingerprint density at radius 1 is 1.69 bits per heavy atom. The molecule has 1 aliphatic rings. The van der Waals surface area contributed by atoms with Gasteiger partial charge in [0.15, 0.2) is 5.13 Å². The minimum atomic E-state index is -0.0975. The van der Waals surface area contributed by atoms with Crippen LogP contribution in [0.3, 0.4) is 0 Å². The Hall–Kier alpha value is -0.750. The smallest absolute Gasteiger partial charge is 0.271 e. The fraction of sp³-hybridized carbons (Fsp3) is 0.600. The summed E-state index contributed by atoms with van der Waals surface area (Å²) in [5.41, 5.74) is 5.93. The highest BCUT2D eigenvalue weighted by atomic mass is 32.2. The number of nitrogens with zero attached hydrogens (tertiary/aromatic N) is 1. The van der Waals surface area contributed by atoms with Crippen molar-refractivity contribution in [2.75, 3.05) is 12.0 Å². The van der Waals surface area contributed by atoms with Gasteiger partial charge >= 0.3 is 0 Å². The van der Waals surface area contributed by atoms with Crippen molar-refractivity contribution in [1.82, 2.24) is 10.3 Å². The predicted molar refractivity (Wildman–Crippen MR) is 68.9 cm³/mol. The van der Waals surface area contributed by atoms with Gasteiger partial charge in [0.25, 0.3) is 5.91 Å². The Labute approximate surface area is 103 Å². The summed E-state index contributed by atoms with van der Waals surface area (Å²) >= 11 is 3.18. The number of thioether (sulfide) groups is 1. The van der Waals surface area contributed by atoms with Gasteiger partial charge in [-0.2, -0.15) is 11.8 Å². The molecular formula is C10H15N3OS2. The lowest BCUT2D eigenvalue weighted by atomic mass is 10.2. The van der Waals surface area contributed by atoms with Crippen molar-refractivity contribution in [1.29, 1.82) is 0 Å². The number of carbonyl (C=O) groups excluding carboxylic acids is 1. The number of carbonyl (C=O) groups is 1. The molecule has 1 aromatic rings. The van der Waals surface area contributed by atoms with Gasteiger partial charge in [-0.3, -0.25) is 4.79 Å². The molecule has 0 aromatic carbocycles. The SMILES string of the molecule is CSC1CCC(NC(=O)c2csc(N)n2)C1. The second-order valence-electron chi connectivity index (χ2n) is 3.91.